The second-order valence-corrected chi connectivity index (χ2v) is 15.4. The lowest BCUT2D eigenvalue weighted by Crippen LogP contribution is -2.92. The Balaban J connectivity index is 1.92. The molecule has 1 heterocycles. The van der Waals surface area contributed by atoms with Gasteiger partial charge in [-0.3, -0.25) is 24.0 Å². The van der Waals surface area contributed by atoms with Gasteiger partial charge in [0.15, 0.2) is 97.6 Å². The van der Waals surface area contributed by atoms with E-state index in [0.29, 0.717) is 18.2 Å². The fraction of sp³-hybridized carbons (Fsp3) is 0.159. The summed E-state index contributed by atoms with van der Waals surface area (Å²) in [5, 5.41) is 208. The molecule has 0 bridgehead atoms. The average Bonchev–Trinajstić information content (AvgIpc) is 3.31. The summed E-state index contributed by atoms with van der Waals surface area (Å²) in [5.74, 6) is -38.3. The van der Waals surface area contributed by atoms with Crippen LogP contribution in [0.25, 0.3) is 0 Å². The SMILES string of the molecule is C=CCO[C@]1(C(=O)c2cc(O)c(O)c(O)c2)O[C@H](C(O)C(=O)c2cc(O)c(O)c(O)c2)[C@](O)(C(=O)c2cc(O)c(O)c(O)c2)[C@@](O)(C(=O)c2cc(O)c(O)c(O)c2)[C@]1(O)C(=O)c1cc(O)c(O)c(O)c1. The van der Waals surface area contributed by atoms with Gasteiger partial charge in [0.05, 0.1) is 6.61 Å². The molecule has 1 saturated heterocycles. The Morgan fingerprint density at radius 3 is 1.06 bits per heavy atom. The highest BCUT2D eigenvalue weighted by Gasteiger charge is 2.88. The Bertz CT molecular complexity index is 2970. The van der Waals surface area contributed by atoms with Gasteiger partial charge < -0.3 is 106 Å². The van der Waals surface area contributed by atoms with Crippen LogP contribution in [0.3, 0.4) is 0 Å². The van der Waals surface area contributed by atoms with E-state index in [9.17, 15) is 102 Å². The molecule has 19 N–H and O–H groups in total. The molecular formula is C44H36O26. The van der Waals surface area contributed by atoms with Crippen molar-refractivity contribution in [2.75, 3.05) is 6.61 Å². The van der Waals surface area contributed by atoms with Crippen molar-refractivity contribution in [3.8, 4) is 86.2 Å². The minimum absolute atomic E-state index is 0.0970. The van der Waals surface area contributed by atoms with Crippen LogP contribution >= 0.6 is 0 Å². The number of carbonyl (C=O) groups is 5. The molecule has 0 aromatic heterocycles. The molecule has 26 heteroatoms. The van der Waals surface area contributed by atoms with Gasteiger partial charge in [0.2, 0.25) is 34.3 Å². The maximum Gasteiger partial charge on any atom is 0.275 e. The van der Waals surface area contributed by atoms with Gasteiger partial charge in [0.1, 0.15) is 12.2 Å². The summed E-state index contributed by atoms with van der Waals surface area (Å²) in [6.07, 6.45) is -6.75. The van der Waals surface area contributed by atoms with E-state index < -0.39 is 184 Å². The number of rotatable bonds is 14. The van der Waals surface area contributed by atoms with Gasteiger partial charge in [0.25, 0.3) is 5.79 Å². The Morgan fingerprint density at radius 1 is 0.471 bits per heavy atom. The summed E-state index contributed by atoms with van der Waals surface area (Å²) >= 11 is 0. The summed E-state index contributed by atoms with van der Waals surface area (Å²) in [5.41, 5.74) is -22.7. The van der Waals surface area contributed by atoms with E-state index in [4.69, 9.17) is 9.47 Å². The molecule has 0 radical (unpaired) electrons. The number of Topliss-reactive ketones (excluding diaryl/α,β-unsaturated/α-hetero) is 5. The van der Waals surface area contributed by atoms with Crippen molar-refractivity contribution in [2.24, 2.45) is 0 Å². The zero-order valence-electron chi connectivity index (χ0n) is 34.8. The number of aromatic hydroxyl groups is 15. The Hall–Kier alpha value is -9.05. The van der Waals surface area contributed by atoms with E-state index in [0.717, 1.165) is 0 Å². The lowest BCUT2D eigenvalue weighted by atomic mass is 9.54. The van der Waals surface area contributed by atoms with Crippen LogP contribution < -0.4 is 0 Å². The third-order valence-corrected chi connectivity index (χ3v) is 11.2. The van der Waals surface area contributed by atoms with Crippen LogP contribution in [0.4, 0.5) is 0 Å². The summed E-state index contributed by atoms with van der Waals surface area (Å²) in [6, 6.07) is 1.77. The normalized spacial score (nSPS) is 22.4. The lowest BCUT2D eigenvalue weighted by Gasteiger charge is -2.62. The highest BCUT2D eigenvalue weighted by Crippen LogP contribution is 2.58. The van der Waals surface area contributed by atoms with Crippen molar-refractivity contribution >= 4 is 28.9 Å². The number of ether oxygens (including phenoxy) is 2. The average molecular weight is 981 g/mol. The largest absolute Gasteiger partial charge is 0.504 e. The van der Waals surface area contributed by atoms with Crippen LogP contribution in [-0.4, -0.2) is 167 Å². The number of benzene rings is 5. The van der Waals surface area contributed by atoms with Crippen LogP contribution in [0.15, 0.2) is 73.3 Å². The molecular weight excluding hydrogens is 944 g/mol. The molecule has 6 atom stereocenters. The molecule has 0 spiro atoms. The molecule has 6 rings (SSSR count). The molecule has 1 aliphatic rings. The highest BCUT2D eigenvalue weighted by molar-refractivity contribution is 6.22. The van der Waals surface area contributed by atoms with Crippen LogP contribution in [0.2, 0.25) is 0 Å². The molecule has 0 amide bonds. The van der Waals surface area contributed by atoms with Crippen LogP contribution in [0.5, 0.6) is 86.2 Å². The maximum absolute atomic E-state index is 15.6. The van der Waals surface area contributed by atoms with Gasteiger partial charge in [-0.1, -0.05) is 6.08 Å². The summed E-state index contributed by atoms with van der Waals surface area (Å²) in [6.45, 7) is 1.98. The Kier molecular flexibility index (Phi) is 12.4. The summed E-state index contributed by atoms with van der Waals surface area (Å²) < 4.78 is 11.4. The summed E-state index contributed by atoms with van der Waals surface area (Å²) in [4.78, 5) is 76.1. The first kappa shape index (κ1) is 50.4. The van der Waals surface area contributed by atoms with Crippen molar-refractivity contribution in [1.29, 1.82) is 0 Å². The van der Waals surface area contributed by atoms with E-state index in [1.807, 2.05) is 0 Å². The van der Waals surface area contributed by atoms with Crippen molar-refractivity contribution in [2.45, 2.75) is 34.8 Å². The lowest BCUT2D eigenvalue weighted by molar-refractivity contribution is -0.390. The molecule has 5 aromatic rings. The standard InChI is InChI=1S/C44H36O26/c1-2-3-69-44(39(65)18-12-27(53)34(60)28(54)13-18)43(68,38(64)17-10-25(51)33(59)26(52)11-17)42(67,37(63)16-8-23(49)32(58)24(50)9-16)41(66,36(62)15-6-21(47)31(57)22(48)7-15)40(70-44)35(61)29(55)14-4-19(45)30(56)20(46)5-14/h2,4-13,35,40,45-54,56-61,66-68H,1,3H2/t35?,40-,41-,42+,43-,44-/m1/s1. The van der Waals surface area contributed by atoms with Gasteiger partial charge in [-0.2, -0.15) is 0 Å². The first-order valence-electron chi connectivity index (χ1n) is 19.2. The number of hydrogen-bond acceptors (Lipinski definition) is 26. The third-order valence-electron chi connectivity index (χ3n) is 11.2. The van der Waals surface area contributed by atoms with E-state index in [2.05, 4.69) is 6.58 Å². The molecule has 5 aromatic carbocycles. The minimum atomic E-state index is -5.36. The molecule has 0 aliphatic carbocycles. The number of aliphatic hydroxyl groups is 4. The summed E-state index contributed by atoms with van der Waals surface area (Å²) in [7, 11) is 0. The number of carbonyl (C=O) groups excluding carboxylic acids is 5. The Morgan fingerprint density at radius 2 is 0.743 bits per heavy atom. The van der Waals surface area contributed by atoms with Crippen LogP contribution in [0, 0.1) is 0 Å². The zero-order chi connectivity index (χ0) is 52.5. The monoisotopic (exact) mass is 980 g/mol. The molecule has 70 heavy (non-hydrogen) atoms. The van der Waals surface area contributed by atoms with E-state index in [1.54, 1.807) is 0 Å². The van der Waals surface area contributed by atoms with Crippen molar-refractivity contribution in [3.05, 3.63) is 101 Å². The van der Waals surface area contributed by atoms with Gasteiger partial charge in [-0.15, -0.1) is 6.58 Å². The predicted molar refractivity (Wildman–Crippen MR) is 223 cm³/mol. The fourth-order valence-electron chi connectivity index (χ4n) is 7.73. The molecule has 368 valence electrons. The number of phenols is 15. The first-order valence-corrected chi connectivity index (χ1v) is 19.2. The van der Waals surface area contributed by atoms with Gasteiger partial charge in [-0.05, 0) is 60.7 Å². The van der Waals surface area contributed by atoms with E-state index >= 15 is 19.2 Å². The highest BCUT2D eigenvalue weighted by atomic mass is 16.7. The quantitative estimate of drug-likeness (QED) is 0.0390. The second-order valence-electron chi connectivity index (χ2n) is 15.4. The Labute approximate surface area is 387 Å². The molecule has 1 fully saturated rings. The molecule has 0 saturated carbocycles. The van der Waals surface area contributed by atoms with Crippen LogP contribution in [0.1, 0.15) is 51.8 Å². The molecule has 1 unspecified atom stereocenters. The first-order chi connectivity index (χ1) is 32.5. The second kappa shape index (κ2) is 17.2. The van der Waals surface area contributed by atoms with Crippen molar-refractivity contribution in [3.63, 3.8) is 0 Å². The molecule has 1 aliphatic heterocycles. The number of hydrogen-bond donors (Lipinski definition) is 19. The smallest absolute Gasteiger partial charge is 0.275 e. The molecule has 26 nitrogen and oxygen atoms in total. The van der Waals surface area contributed by atoms with Gasteiger partial charge >= 0.3 is 0 Å². The number of ketones is 5. The van der Waals surface area contributed by atoms with Crippen molar-refractivity contribution < 1.29 is 130 Å². The van der Waals surface area contributed by atoms with Gasteiger partial charge in [-0.25, -0.2) is 0 Å². The van der Waals surface area contributed by atoms with E-state index in [1.165, 1.54) is 0 Å². The van der Waals surface area contributed by atoms with E-state index in [-0.39, 0.29) is 48.5 Å². The minimum Gasteiger partial charge on any atom is -0.504 e. The van der Waals surface area contributed by atoms with Crippen LogP contribution in [-0.2, 0) is 9.47 Å². The number of phenolic OH excluding ortho intramolecular Hbond substituents is 15. The number of aliphatic hydroxyl groups excluding tert-OH is 1. The van der Waals surface area contributed by atoms with Gasteiger partial charge in [0, 0.05) is 27.8 Å². The third kappa shape index (κ3) is 7.19. The maximum atomic E-state index is 15.6. The topological polar surface area (TPSA) is 488 Å². The van der Waals surface area contributed by atoms with Crippen molar-refractivity contribution in [1.82, 2.24) is 0 Å². The zero-order valence-corrected chi connectivity index (χ0v) is 34.8. The fourth-order valence-corrected chi connectivity index (χ4v) is 7.73. The predicted octanol–water partition coefficient (Wildman–Crippen LogP) is -0.163.